The highest BCUT2D eigenvalue weighted by atomic mass is 35.5. The van der Waals surface area contributed by atoms with E-state index in [1.165, 1.54) is 23.5 Å². The van der Waals surface area contributed by atoms with E-state index in [0.29, 0.717) is 27.0 Å². The molecule has 1 amide bonds. The molecule has 0 radical (unpaired) electrons. The maximum atomic E-state index is 12.4. The number of anilines is 1. The van der Waals surface area contributed by atoms with Gasteiger partial charge in [-0.25, -0.2) is 4.98 Å². The first kappa shape index (κ1) is 20.0. The molecule has 0 aliphatic rings. The molecule has 0 saturated carbocycles. The van der Waals surface area contributed by atoms with Crippen LogP contribution >= 0.6 is 22.9 Å². The summed E-state index contributed by atoms with van der Waals surface area (Å²) in [4.78, 5) is 16.7. The first-order chi connectivity index (χ1) is 13.4. The van der Waals surface area contributed by atoms with Crippen molar-refractivity contribution in [3.63, 3.8) is 0 Å². The van der Waals surface area contributed by atoms with Crippen LogP contribution in [0.1, 0.15) is 21.1 Å². The predicted octanol–water partition coefficient (Wildman–Crippen LogP) is 5.54. The minimum absolute atomic E-state index is 0.00290. The summed E-state index contributed by atoms with van der Waals surface area (Å²) in [7, 11) is 0. The number of benzene rings is 2. The molecule has 0 aliphatic carbocycles. The second-order valence-corrected chi connectivity index (χ2v) is 7.01. The average molecular weight is 425 g/mol. The number of hydrogen-bond donors (Lipinski definition) is 1. The molecule has 9 heteroatoms. The van der Waals surface area contributed by atoms with Crippen LogP contribution in [-0.4, -0.2) is 17.5 Å². The molecule has 1 N–H and O–H groups in total. The van der Waals surface area contributed by atoms with E-state index in [1.54, 1.807) is 42.6 Å². The number of nitrogens with one attached hydrogen (secondary N) is 1. The summed E-state index contributed by atoms with van der Waals surface area (Å²) in [5, 5.41) is 5.49. The number of halogens is 3. The van der Waals surface area contributed by atoms with Crippen molar-refractivity contribution < 1.29 is 23.0 Å². The number of rotatable bonds is 7. The van der Waals surface area contributed by atoms with Crippen LogP contribution in [0.25, 0.3) is 0 Å². The van der Waals surface area contributed by atoms with Crippen LogP contribution < -0.4 is 14.8 Å². The number of thiazole rings is 1. The Kier molecular flexibility index (Phi) is 6.43. The van der Waals surface area contributed by atoms with E-state index < -0.39 is 12.5 Å². The number of carbonyl (C=O) groups is 1. The van der Waals surface area contributed by atoms with Crippen LogP contribution in [0.4, 0.5) is 14.5 Å². The van der Waals surface area contributed by atoms with E-state index in [-0.39, 0.29) is 18.1 Å². The molecule has 0 spiro atoms. The van der Waals surface area contributed by atoms with Crippen molar-refractivity contribution in [2.45, 2.75) is 20.1 Å². The Balaban J connectivity index is 1.63. The number of ether oxygens (including phenoxy) is 2. The van der Waals surface area contributed by atoms with E-state index in [0.717, 1.165) is 0 Å². The number of amides is 1. The van der Waals surface area contributed by atoms with Crippen LogP contribution in [0.2, 0.25) is 5.02 Å². The van der Waals surface area contributed by atoms with Crippen molar-refractivity contribution in [2.75, 3.05) is 5.32 Å². The Hall–Kier alpha value is -2.71. The van der Waals surface area contributed by atoms with E-state index in [4.69, 9.17) is 16.3 Å². The Morgan fingerprint density at radius 1 is 1.25 bits per heavy atom. The number of aromatic nitrogens is 1. The second kappa shape index (κ2) is 8.99. The van der Waals surface area contributed by atoms with Crippen molar-refractivity contribution >= 4 is 34.5 Å². The minimum Gasteiger partial charge on any atom is -0.486 e. The Morgan fingerprint density at radius 3 is 2.71 bits per heavy atom. The maximum absolute atomic E-state index is 12.4. The van der Waals surface area contributed by atoms with Gasteiger partial charge in [-0.1, -0.05) is 17.7 Å². The molecule has 146 valence electrons. The quantitative estimate of drug-likeness (QED) is 0.541. The van der Waals surface area contributed by atoms with Gasteiger partial charge in [-0.3, -0.25) is 4.79 Å². The SMILES string of the molecule is Cc1c(NC(=O)c2csc(COc3ccc(Cl)cc3)n2)cccc1OC(F)F. The summed E-state index contributed by atoms with van der Waals surface area (Å²) in [6.45, 7) is -1.15. The highest BCUT2D eigenvalue weighted by Crippen LogP contribution is 2.27. The summed E-state index contributed by atoms with van der Waals surface area (Å²) < 4.78 is 34.9. The fraction of sp³-hybridized carbons (Fsp3) is 0.158. The van der Waals surface area contributed by atoms with Gasteiger partial charge in [-0.05, 0) is 43.3 Å². The molecule has 0 bridgehead atoms. The van der Waals surface area contributed by atoms with Crippen LogP contribution in [0.5, 0.6) is 11.5 Å². The minimum atomic E-state index is -2.94. The monoisotopic (exact) mass is 424 g/mol. The maximum Gasteiger partial charge on any atom is 0.387 e. The first-order valence-electron chi connectivity index (χ1n) is 8.11. The molecule has 1 heterocycles. The molecule has 0 saturated heterocycles. The van der Waals surface area contributed by atoms with E-state index in [9.17, 15) is 13.6 Å². The second-order valence-electron chi connectivity index (χ2n) is 5.63. The largest absolute Gasteiger partial charge is 0.486 e. The van der Waals surface area contributed by atoms with Gasteiger partial charge in [0.05, 0.1) is 0 Å². The molecule has 1 aromatic heterocycles. The van der Waals surface area contributed by atoms with Crippen molar-refractivity contribution in [1.29, 1.82) is 0 Å². The summed E-state index contributed by atoms with van der Waals surface area (Å²) in [5.41, 5.74) is 0.979. The normalized spacial score (nSPS) is 10.8. The molecule has 3 aromatic rings. The number of nitrogens with zero attached hydrogens (tertiary/aromatic N) is 1. The lowest BCUT2D eigenvalue weighted by atomic mass is 10.1. The lowest BCUT2D eigenvalue weighted by Crippen LogP contribution is -2.14. The third-order valence-corrected chi connectivity index (χ3v) is 4.78. The predicted molar refractivity (Wildman–Crippen MR) is 104 cm³/mol. The van der Waals surface area contributed by atoms with Gasteiger partial charge >= 0.3 is 6.61 Å². The molecule has 2 aromatic carbocycles. The first-order valence-corrected chi connectivity index (χ1v) is 9.36. The summed E-state index contributed by atoms with van der Waals surface area (Å²) >= 11 is 7.10. The highest BCUT2D eigenvalue weighted by Gasteiger charge is 2.15. The number of alkyl halides is 2. The fourth-order valence-corrected chi connectivity index (χ4v) is 3.13. The standard InChI is InChI=1S/C19H15ClF2N2O3S/c1-11-14(3-2-4-16(11)27-19(21)22)24-18(25)15-10-28-17(23-15)9-26-13-7-5-12(20)6-8-13/h2-8,10,19H,9H2,1H3,(H,24,25). The number of hydrogen-bond acceptors (Lipinski definition) is 5. The van der Waals surface area contributed by atoms with Crippen molar-refractivity contribution in [3.8, 4) is 11.5 Å². The molecule has 5 nitrogen and oxygen atoms in total. The molecular formula is C19H15ClF2N2O3S. The molecule has 0 aliphatic heterocycles. The van der Waals surface area contributed by atoms with Gasteiger partial charge < -0.3 is 14.8 Å². The zero-order valence-corrected chi connectivity index (χ0v) is 16.2. The van der Waals surface area contributed by atoms with E-state index in [1.807, 2.05) is 0 Å². The topological polar surface area (TPSA) is 60.5 Å². The van der Waals surface area contributed by atoms with Crippen molar-refractivity contribution in [2.24, 2.45) is 0 Å². The number of carbonyl (C=O) groups excluding carboxylic acids is 1. The Bertz CT molecular complexity index is 964. The smallest absolute Gasteiger partial charge is 0.387 e. The molecule has 3 rings (SSSR count). The van der Waals surface area contributed by atoms with Gasteiger partial charge in [0, 0.05) is 21.7 Å². The third kappa shape index (κ3) is 5.17. The van der Waals surface area contributed by atoms with E-state index >= 15 is 0 Å². The van der Waals surface area contributed by atoms with Crippen LogP contribution in [0, 0.1) is 6.92 Å². The zero-order chi connectivity index (χ0) is 20.1. The van der Waals surface area contributed by atoms with Gasteiger partial charge in [0.15, 0.2) is 0 Å². The third-order valence-electron chi connectivity index (χ3n) is 3.71. The van der Waals surface area contributed by atoms with Gasteiger partial charge in [0.1, 0.15) is 28.8 Å². The van der Waals surface area contributed by atoms with Crippen LogP contribution in [0.15, 0.2) is 47.8 Å². The molecule has 0 fully saturated rings. The Labute approximate surface area is 168 Å². The molecular weight excluding hydrogens is 410 g/mol. The highest BCUT2D eigenvalue weighted by molar-refractivity contribution is 7.09. The summed E-state index contributed by atoms with van der Waals surface area (Å²) in [6.07, 6.45) is 0. The van der Waals surface area contributed by atoms with Gasteiger partial charge in [0.25, 0.3) is 5.91 Å². The average Bonchev–Trinajstić information content (AvgIpc) is 3.13. The van der Waals surface area contributed by atoms with Crippen molar-refractivity contribution in [3.05, 3.63) is 69.1 Å². The molecule has 0 atom stereocenters. The Morgan fingerprint density at radius 2 is 2.00 bits per heavy atom. The summed E-state index contributed by atoms with van der Waals surface area (Å²) in [5.74, 6) is 0.187. The van der Waals surface area contributed by atoms with Crippen LogP contribution in [-0.2, 0) is 6.61 Å². The van der Waals surface area contributed by atoms with Crippen LogP contribution in [0.3, 0.4) is 0 Å². The van der Waals surface area contributed by atoms with E-state index in [2.05, 4.69) is 15.0 Å². The lowest BCUT2D eigenvalue weighted by molar-refractivity contribution is -0.0502. The van der Waals surface area contributed by atoms with Gasteiger partial charge in [-0.2, -0.15) is 8.78 Å². The van der Waals surface area contributed by atoms with Crippen molar-refractivity contribution in [1.82, 2.24) is 4.98 Å². The summed E-state index contributed by atoms with van der Waals surface area (Å²) in [6, 6.07) is 11.4. The molecule has 28 heavy (non-hydrogen) atoms. The molecule has 0 unspecified atom stereocenters. The van der Waals surface area contributed by atoms with Gasteiger partial charge in [-0.15, -0.1) is 11.3 Å². The fourth-order valence-electron chi connectivity index (χ4n) is 2.32. The lowest BCUT2D eigenvalue weighted by Gasteiger charge is -2.12. The zero-order valence-electron chi connectivity index (χ0n) is 14.6. The van der Waals surface area contributed by atoms with Gasteiger partial charge in [0.2, 0.25) is 0 Å².